The summed E-state index contributed by atoms with van der Waals surface area (Å²) in [5, 5.41) is 3.64. The normalized spacial score (nSPS) is 27.6. The molecule has 2 heterocycles. The third-order valence-corrected chi connectivity index (χ3v) is 5.79. The molecular formula is C14H26N4S. The largest absolute Gasteiger partial charge is 0.354 e. The fraction of sp³-hybridized carbons (Fsp3) is 0.929. The Balaban J connectivity index is 1.63. The number of nitrogens with zero attached hydrogens (tertiary/aromatic N) is 3. The molecule has 0 unspecified atom stereocenters. The Morgan fingerprint density at radius 2 is 1.95 bits per heavy atom. The van der Waals surface area contributed by atoms with Crippen LogP contribution in [0.1, 0.15) is 25.7 Å². The lowest BCUT2D eigenvalue weighted by molar-refractivity contribution is 0.107. The zero-order valence-electron chi connectivity index (χ0n) is 12.0. The van der Waals surface area contributed by atoms with E-state index in [0.29, 0.717) is 5.54 Å². The maximum atomic E-state index is 4.56. The van der Waals surface area contributed by atoms with Gasteiger partial charge in [0, 0.05) is 50.3 Å². The van der Waals surface area contributed by atoms with Crippen molar-refractivity contribution in [1.82, 2.24) is 15.1 Å². The first-order valence-electron chi connectivity index (χ1n) is 7.62. The second-order valence-electron chi connectivity index (χ2n) is 6.01. The zero-order chi connectivity index (χ0) is 13.1. The van der Waals surface area contributed by atoms with Gasteiger partial charge in [0.05, 0.1) is 6.54 Å². The van der Waals surface area contributed by atoms with E-state index in [1.807, 2.05) is 0 Å². The smallest absolute Gasteiger partial charge is 0.193 e. The molecule has 0 atom stereocenters. The van der Waals surface area contributed by atoms with Gasteiger partial charge in [-0.3, -0.25) is 9.89 Å². The van der Waals surface area contributed by atoms with Crippen molar-refractivity contribution < 1.29 is 0 Å². The van der Waals surface area contributed by atoms with Crippen molar-refractivity contribution in [1.29, 1.82) is 0 Å². The van der Waals surface area contributed by atoms with Gasteiger partial charge in [-0.2, -0.15) is 11.8 Å². The SMILES string of the molecule is CN1CCN=C1NCC1(N2CCSCC2)CCCC1. The maximum absolute atomic E-state index is 4.56. The highest BCUT2D eigenvalue weighted by molar-refractivity contribution is 7.99. The Kier molecular flexibility index (Phi) is 4.22. The molecule has 0 aromatic carbocycles. The fourth-order valence-corrected chi connectivity index (χ4v) is 4.55. The minimum Gasteiger partial charge on any atom is -0.354 e. The van der Waals surface area contributed by atoms with Crippen LogP contribution < -0.4 is 5.32 Å². The van der Waals surface area contributed by atoms with E-state index in [1.165, 1.54) is 50.3 Å². The van der Waals surface area contributed by atoms with Crippen LogP contribution >= 0.6 is 11.8 Å². The number of hydrogen-bond donors (Lipinski definition) is 1. The monoisotopic (exact) mass is 282 g/mol. The molecule has 1 saturated carbocycles. The lowest BCUT2D eigenvalue weighted by Crippen LogP contribution is -2.57. The van der Waals surface area contributed by atoms with Crippen LogP contribution in [0.3, 0.4) is 0 Å². The number of aliphatic imine (C=N–C) groups is 1. The van der Waals surface area contributed by atoms with Gasteiger partial charge in [-0.25, -0.2) is 0 Å². The van der Waals surface area contributed by atoms with E-state index in [-0.39, 0.29) is 0 Å². The van der Waals surface area contributed by atoms with Crippen molar-refractivity contribution in [3.63, 3.8) is 0 Å². The van der Waals surface area contributed by atoms with Crippen LogP contribution in [0.4, 0.5) is 0 Å². The van der Waals surface area contributed by atoms with E-state index in [4.69, 9.17) is 0 Å². The molecule has 1 N–H and O–H groups in total. The first-order valence-corrected chi connectivity index (χ1v) is 8.78. The summed E-state index contributed by atoms with van der Waals surface area (Å²) in [6.45, 7) is 5.64. The fourth-order valence-electron chi connectivity index (χ4n) is 3.64. The number of guanidine groups is 1. The molecule has 4 nitrogen and oxygen atoms in total. The topological polar surface area (TPSA) is 30.9 Å². The molecule has 0 bridgehead atoms. The van der Waals surface area contributed by atoms with Gasteiger partial charge in [0.15, 0.2) is 5.96 Å². The van der Waals surface area contributed by atoms with Crippen LogP contribution in [0.15, 0.2) is 4.99 Å². The zero-order valence-corrected chi connectivity index (χ0v) is 12.8. The number of hydrogen-bond acceptors (Lipinski definition) is 5. The molecule has 3 rings (SSSR count). The Morgan fingerprint density at radius 1 is 1.21 bits per heavy atom. The average Bonchev–Trinajstić information content (AvgIpc) is 3.07. The minimum absolute atomic E-state index is 0.410. The minimum atomic E-state index is 0.410. The Hall–Kier alpha value is -0.420. The third kappa shape index (κ3) is 2.87. The van der Waals surface area contributed by atoms with Gasteiger partial charge in [0.25, 0.3) is 0 Å². The summed E-state index contributed by atoms with van der Waals surface area (Å²) in [6.07, 6.45) is 5.52. The summed E-state index contributed by atoms with van der Waals surface area (Å²) < 4.78 is 0. The first kappa shape index (κ1) is 13.6. The van der Waals surface area contributed by atoms with Crippen molar-refractivity contribution in [2.24, 2.45) is 4.99 Å². The molecule has 0 aromatic heterocycles. The van der Waals surface area contributed by atoms with E-state index in [9.17, 15) is 0 Å². The average molecular weight is 282 g/mol. The summed E-state index contributed by atoms with van der Waals surface area (Å²) in [5.74, 6) is 3.73. The number of nitrogens with one attached hydrogen (secondary N) is 1. The molecule has 2 fully saturated rings. The molecule has 0 aromatic rings. The molecule has 2 aliphatic heterocycles. The van der Waals surface area contributed by atoms with Crippen LogP contribution in [-0.2, 0) is 0 Å². The van der Waals surface area contributed by atoms with Crippen LogP contribution in [-0.4, -0.2) is 72.6 Å². The van der Waals surface area contributed by atoms with Gasteiger partial charge in [0.1, 0.15) is 0 Å². The maximum Gasteiger partial charge on any atom is 0.193 e. The highest BCUT2D eigenvalue weighted by Crippen LogP contribution is 2.36. The van der Waals surface area contributed by atoms with Crippen molar-refractivity contribution in [2.45, 2.75) is 31.2 Å². The number of rotatable bonds is 3. The van der Waals surface area contributed by atoms with E-state index in [1.54, 1.807) is 0 Å². The standard InChI is InChI=1S/C14H26N4S/c1-17-7-6-15-13(17)16-12-14(4-2-3-5-14)18-8-10-19-11-9-18/h2-12H2,1H3,(H,15,16). The van der Waals surface area contributed by atoms with Gasteiger partial charge in [0.2, 0.25) is 0 Å². The number of likely N-dealkylation sites (N-methyl/N-ethyl adjacent to an activating group) is 1. The molecule has 0 spiro atoms. The lowest BCUT2D eigenvalue weighted by Gasteiger charge is -2.43. The molecule has 1 aliphatic carbocycles. The molecule has 0 radical (unpaired) electrons. The summed E-state index contributed by atoms with van der Waals surface area (Å²) in [7, 11) is 2.14. The van der Waals surface area contributed by atoms with Crippen LogP contribution in [0.5, 0.6) is 0 Å². The molecule has 108 valence electrons. The first-order chi connectivity index (χ1) is 9.30. The van der Waals surface area contributed by atoms with Gasteiger partial charge in [-0.05, 0) is 12.8 Å². The van der Waals surface area contributed by atoms with E-state index in [0.717, 1.165) is 25.6 Å². The molecule has 0 amide bonds. The predicted molar refractivity (Wildman–Crippen MR) is 83.0 cm³/mol. The highest BCUT2D eigenvalue weighted by atomic mass is 32.2. The van der Waals surface area contributed by atoms with Crippen LogP contribution in [0, 0.1) is 0 Å². The van der Waals surface area contributed by atoms with Crippen molar-refractivity contribution in [2.75, 3.05) is 51.3 Å². The van der Waals surface area contributed by atoms with Crippen molar-refractivity contribution in [3.05, 3.63) is 0 Å². The van der Waals surface area contributed by atoms with Gasteiger partial charge >= 0.3 is 0 Å². The third-order valence-electron chi connectivity index (χ3n) is 4.85. The molecule has 1 saturated heterocycles. The lowest BCUT2D eigenvalue weighted by atomic mass is 9.94. The quantitative estimate of drug-likeness (QED) is 0.844. The second kappa shape index (κ2) is 5.92. The Labute approximate surface area is 121 Å². The van der Waals surface area contributed by atoms with E-state index < -0.39 is 0 Å². The van der Waals surface area contributed by atoms with Crippen molar-refractivity contribution >= 4 is 17.7 Å². The Bertz CT molecular complexity index is 332. The summed E-state index contributed by atoms with van der Waals surface area (Å²) >= 11 is 2.11. The molecule has 3 aliphatic rings. The van der Waals surface area contributed by atoms with Gasteiger partial charge in [-0.1, -0.05) is 12.8 Å². The summed E-state index contributed by atoms with van der Waals surface area (Å²) in [4.78, 5) is 9.57. The Morgan fingerprint density at radius 3 is 2.58 bits per heavy atom. The predicted octanol–water partition coefficient (Wildman–Crippen LogP) is 1.24. The number of thioether (sulfide) groups is 1. The van der Waals surface area contributed by atoms with Gasteiger partial charge < -0.3 is 10.2 Å². The summed E-state index contributed by atoms with van der Waals surface area (Å²) in [5.41, 5.74) is 0.410. The summed E-state index contributed by atoms with van der Waals surface area (Å²) in [6, 6.07) is 0. The highest BCUT2D eigenvalue weighted by Gasteiger charge is 2.40. The van der Waals surface area contributed by atoms with Crippen LogP contribution in [0.25, 0.3) is 0 Å². The van der Waals surface area contributed by atoms with Crippen LogP contribution in [0.2, 0.25) is 0 Å². The van der Waals surface area contributed by atoms with Crippen molar-refractivity contribution in [3.8, 4) is 0 Å². The second-order valence-corrected chi connectivity index (χ2v) is 7.24. The van der Waals surface area contributed by atoms with E-state index in [2.05, 4.69) is 38.9 Å². The molecule has 5 heteroatoms. The molecule has 19 heavy (non-hydrogen) atoms. The molecular weight excluding hydrogens is 256 g/mol. The van der Waals surface area contributed by atoms with E-state index >= 15 is 0 Å². The van der Waals surface area contributed by atoms with Gasteiger partial charge in [-0.15, -0.1) is 0 Å².